The first-order valence-electron chi connectivity index (χ1n) is 6.17. The van der Waals surface area contributed by atoms with Gasteiger partial charge >= 0.3 is 6.09 Å². The lowest BCUT2D eigenvalue weighted by molar-refractivity contribution is -0.160. The summed E-state index contributed by atoms with van der Waals surface area (Å²) >= 11 is 0. The number of likely N-dealkylation sites (tertiary alicyclic amines) is 1. The highest BCUT2D eigenvalue weighted by Crippen LogP contribution is 2.18. The summed E-state index contributed by atoms with van der Waals surface area (Å²) in [6, 6.07) is 0.266. The number of carbonyl (C=O) groups is 1. The lowest BCUT2D eigenvalue weighted by Crippen LogP contribution is -2.39. The van der Waals surface area contributed by atoms with Gasteiger partial charge in [0.15, 0.2) is 0 Å². The first kappa shape index (κ1) is 14.3. The van der Waals surface area contributed by atoms with Gasteiger partial charge in [0, 0.05) is 20.1 Å². The SMILES string of the molecule is CCON(C)C1CCN(C(=O)OC(C)(C)C)C1. The van der Waals surface area contributed by atoms with Crippen molar-refractivity contribution in [2.24, 2.45) is 0 Å². The molecular formula is C12H24N2O3. The van der Waals surface area contributed by atoms with Gasteiger partial charge in [-0.3, -0.25) is 4.84 Å². The molecule has 1 amide bonds. The molecule has 0 N–H and O–H groups in total. The Morgan fingerprint density at radius 1 is 1.47 bits per heavy atom. The molecule has 0 radical (unpaired) electrons. The maximum Gasteiger partial charge on any atom is 0.410 e. The van der Waals surface area contributed by atoms with Gasteiger partial charge in [-0.15, -0.1) is 0 Å². The van der Waals surface area contributed by atoms with E-state index in [2.05, 4.69) is 0 Å². The largest absolute Gasteiger partial charge is 0.444 e. The van der Waals surface area contributed by atoms with Gasteiger partial charge in [-0.05, 0) is 34.1 Å². The number of likely N-dealkylation sites (N-methyl/N-ethyl adjacent to an activating group) is 1. The summed E-state index contributed by atoms with van der Waals surface area (Å²) in [5, 5.41) is 1.84. The summed E-state index contributed by atoms with van der Waals surface area (Å²) in [5.41, 5.74) is -0.430. The molecule has 0 spiro atoms. The zero-order valence-corrected chi connectivity index (χ0v) is 11.5. The van der Waals surface area contributed by atoms with E-state index in [-0.39, 0.29) is 12.1 Å². The second-order valence-electron chi connectivity index (χ2n) is 5.33. The average molecular weight is 244 g/mol. The minimum atomic E-state index is -0.430. The normalized spacial score (nSPS) is 21.1. The molecule has 1 aliphatic rings. The number of hydrogen-bond donors (Lipinski definition) is 0. The monoisotopic (exact) mass is 244 g/mol. The smallest absolute Gasteiger partial charge is 0.410 e. The highest BCUT2D eigenvalue weighted by Gasteiger charge is 2.31. The molecule has 1 aliphatic heterocycles. The molecule has 100 valence electrons. The van der Waals surface area contributed by atoms with E-state index in [4.69, 9.17) is 9.57 Å². The molecule has 0 bridgehead atoms. The number of amides is 1. The van der Waals surface area contributed by atoms with E-state index in [1.165, 1.54) is 0 Å². The van der Waals surface area contributed by atoms with Crippen molar-refractivity contribution >= 4 is 6.09 Å². The van der Waals surface area contributed by atoms with Gasteiger partial charge in [0.05, 0.1) is 12.6 Å². The van der Waals surface area contributed by atoms with Gasteiger partial charge in [-0.2, -0.15) is 5.06 Å². The fourth-order valence-electron chi connectivity index (χ4n) is 1.84. The van der Waals surface area contributed by atoms with Crippen molar-refractivity contribution in [3.05, 3.63) is 0 Å². The third kappa shape index (κ3) is 4.52. The summed E-state index contributed by atoms with van der Waals surface area (Å²) in [6.45, 7) is 9.65. The highest BCUT2D eigenvalue weighted by molar-refractivity contribution is 5.68. The Kier molecular flexibility index (Phi) is 4.77. The van der Waals surface area contributed by atoms with E-state index in [9.17, 15) is 4.79 Å². The maximum absolute atomic E-state index is 11.8. The van der Waals surface area contributed by atoms with Crippen molar-refractivity contribution in [1.82, 2.24) is 9.96 Å². The fraction of sp³-hybridized carbons (Fsp3) is 0.917. The van der Waals surface area contributed by atoms with Crippen molar-refractivity contribution in [2.75, 3.05) is 26.7 Å². The third-order valence-electron chi connectivity index (χ3n) is 2.66. The molecule has 5 heteroatoms. The minimum absolute atomic E-state index is 0.232. The number of nitrogens with zero attached hydrogens (tertiary/aromatic N) is 2. The second-order valence-corrected chi connectivity index (χ2v) is 5.33. The van der Waals surface area contributed by atoms with Crippen molar-refractivity contribution < 1.29 is 14.4 Å². The maximum atomic E-state index is 11.8. The van der Waals surface area contributed by atoms with E-state index in [1.807, 2.05) is 39.8 Å². The van der Waals surface area contributed by atoms with Gasteiger partial charge in [0.1, 0.15) is 5.60 Å². The molecule has 0 aromatic heterocycles. The Morgan fingerprint density at radius 3 is 2.65 bits per heavy atom. The van der Waals surface area contributed by atoms with Crippen molar-refractivity contribution in [1.29, 1.82) is 0 Å². The Balaban J connectivity index is 2.42. The molecule has 17 heavy (non-hydrogen) atoms. The molecule has 5 nitrogen and oxygen atoms in total. The molecule has 0 saturated carbocycles. The second kappa shape index (κ2) is 5.69. The highest BCUT2D eigenvalue weighted by atomic mass is 16.7. The van der Waals surface area contributed by atoms with Crippen LogP contribution in [-0.2, 0) is 9.57 Å². The molecule has 0 aliphatic carbocycles. The van der Waals surface area contributed by atoms with Crippen LogP contribution in [0.2, 0.25) is 0 Å². The molecule has 1 atom stereocenters. The molecular weight excluding hydrogens is 220 g/mol. The zero-order chi connectivity index (χ0) is 13.1. The summed E-state index contributed by atoms with van der Waals surface area (Å²) < 4.78 is 5.34. The van der Waals surface area contributed by atoms with E-state index in [1.54, 1.807) is 4.90 Å². The zero-order valence-electron chi connectivity index (χ0n) is 11.5. The fourth-order valence-corrected chi connectivity index (χ4v) is 1.84. The molecule has 1 rings (SSSR count). The Labute approximate surface area is 104 Å². The first-order chi connectivity index (χ1) is 7.83. The summed E-state index contributed by atoms with van der Waals surface area (Å²) in [4.78, 5) is 19.0. The van der Waals surface area contributed by atoms with Crippen LogP contribution in [0.25, 0.3) is 0 Å². The average Bonchev–Trinajstić information content (AvgIpc) is 2.63. The quantitative estimate of drug-likeness (QED) is 0.711. The molecule has 1 fully saturated rings. The summed E-state index contributed by atoms with van der Waals surface area (Å²) in [5.74, 6) is 0. The van der Waals surface area contributed by atoms with Gasteiger partial charge in [-0.1, -0.05) is 0 Å². The van der Waals surface area contributed by atoms with Crippen LogP contribution in [0.1, 0.15) is 34.1 Å². The number of rotatable bonds is 3. The van der Waals surface area contributed by atoms with E-state index < -0.39 is 5.60 Å². The van der Waals surface area contributed by atoms with Crippen LogP contribution >= 0.6 is 0 Å². The summed E-state index contributed by atoms with van der Waals surface area (Å²) in [7, 11) is 1.91. The van der Waals surface area contributed by atoms with E-state index in [0.29, 0.717) is 13.2 Å². The molecule has 1 heterocycles. The van der Waals surface area contributed by atoms with Gasteiger partial charge in [0.2, 0.25) is 0 Å². The molecule has 1 unspecified atom stereocenters. The van der Waals surface area contributed by atoms with Crippen LogP contribution < -0.4 is 0 Å². The Bertz CT molecular complexity index is 263. The van der Waals surface area contributed by atoms with Crippen molar-refractivity contribution in [3.8, 4) is 0 Å². The van der Waals surface area contributed by atoms with Crippen LogP contribution in [0.15, 0.2) is 0 Å². The molecule has 0 aromatic rings. The standard InChI is InChI=1S/C12H24N2O3/c1-6-16-13(5)10-7-8-14(9-10)11(15)17-12(2,3)4/h10H,6-9H2,1-5H3. The van der Waals surface area contributed by atoms with Crippen LogP contribution in [0.3, 0.4) is 0 Å². The lowest BCUT2D eigenvalue weighted by atomic mass is 10.2. The van der Waals surface area contributed by atoms with Crippen LogP contribution in [0.4, 0.5) is 4.79 Å². The molecule has 0 aromatic carbocycles. The number of ether oxygens (including phenoxy) is 1. The van der Waals surface area contributed by atoms with Crippen LogP contribution in [-0.4, -0.2) is 54.4 Å². The predicted octanol–water partition coefficient (Wildman–Crippen LogP) is 1.88. The van der Waals surface area contributed by atoms with E-state index >= 15 is 0 Å². The van der Waals surface area contributed by atoms with Gasteiger partial charge < -0.3 is 9.64 Å². The van der Waals surface area contributed by atoms with Crippen molar-refractivity contribution in [3.63, 3.8) is 0 Å². The number of hydrogen-bond acceptors (Lipinski definition) is 4. The topological polar surface area (TPSA) is 42.0 Å². The van der Waals surface area contributed by atoms with Crippen molar-refractivity contribution in [2.45, 2.75) is 45.8 Å². The van der Waals surface area contributed by atoms with Gasteiger partial charge in [0.25, 0.3) is 0 Å². The Morgan fingerprint density at radius 2 is 2.12 bits per heavy atom. The third-order valence-corrected chi connectivity index (χ3v) is 2.66. The number of carbonyl (C=O) groups excluding carboxylic acids is 1. The lowest BCUT2D eigenvalue weighted by Gasteiger charge is -2.26. The first-order valence-corrected chi connectivity index (χ1v) is 6.17. The Hall–Kier alpha value is -0.810. The van der Waals surface area contributed by atoms with E-state index in [0.717, 1.165) is 13.0 Å². The van der Waals surface area contributed by atoms with Gasteiger partial charge in [-0.25, -0.2) is 4.79 Å². The number of hydroxylamine groups is 2. The van der Waals surface area contributed by atoms with Crippen LogP contribution in [0.5, 0.6) is 0 Å². The summed E-state index contributed by atoms with van der Waals surface area (Å²) in [6.07, 6.45) is 0.695. The predicted molar refractivity (Wildman–Crippen MR) is 65.6 cm³/mol. The minimum Gasteiger partial charge on any atom is -0.444 e. The molecule has 1 saturated heterocycles. The van der Waals surface area contributed by atoms with Crippen LogP contribution in [0, 0.1) is 0 Å².